The summed E-state index contributed by atoms with van der Waals surface area (Å²) in [4.78, 5) is 0. The molecule has 1 aromatic carbocycles. The molecule has 0 fully saturated rings. The van der Waals surface area contributed by atoms with Crippen LogP contribution < -0.4 is 10.6 Å². The minimum atomic E-state index is -0.299. The van der Waals surface area contributed by atoms with Crippen LogP contribution in [-0.2, 0) is 0 Å². The van der Waals surface area contributed by atoms with Crippen LogP contribution >= 0.6 is 23.2 Å². The van der Waals surface area contributed by atoms with Crippen molar-refractivity contribution in [1.82, 2.24) is 5.32 Å². The smallest absolute Gasteiger partial charge is 0.156 e. The largest absolute Gasteiger partial charge is 0.357 e. The molecule has 0 saturated heterocycles. The Morgan fingerprint density at radius 3 is 2.50 bits per heavy atom. The lowest BCUT2D eigenvalue weighted by Gasteiger charge is -2.28. The van der Waals surface area contributed by atoms with Gasteiger partial charge in [0.05, 0.1) is 0 Å². The fourth-order valence-corrected chi connectivity index (χ4v) is 2.18. The predicted octanol–water partition coefficient (Wildman–Crippen LogP) is 3.08. The summed E-state index contributed by atoms with van der Waals surface area (Å²) in [6.45, 7) is 4.15. The molecule has 0 radical (unpaired) electrons. The number of hydrogen-bond acceptors (Lipinski definition) is 2. The number of hydrogen-bond donors (Lipinski definition) is 2. The van der Waals surface area contributed by atoms with E-state index in [9.17, 15) is 0 Å². The Bertz CT molecular complexity index is 365. The van der Waals surface area contributed by atoms with Gasteiger partial charge in [0.15, 0.2) is 5.62 Å². The van der Waals surface area contributed by atoms with Crippen LogP contribution in [0.15, 0.2) is 12.1 Å². The highest BCUT2D eigenvalue weighted by molar-refractivity contribution is 6.24. The molecule has 4 heteroatoms. The van der Waals surface area contributed by atoms with Crippen molar-refractivity contribution in [2.75, 3.05) is 5.32 Å². The van der Waals surface area contributed by atoms with Crippen LogP contribution in [0.4, 0.5) is 5.69 Å². The van der Waals surface area contributed by atoms with Crippen LogP contribution in [0.5, 0.6) is 0 Å². The maximum atomic E-state index is 6.13. The first-order valence-corrected chi connectivity index (χ1v) is 5.37. The zero-order valence-corrected chi connectivity index (χ0v) is 9.58. The van der Waals surface area contributed by atoms with Gasteiger partial charge in [-0.3, -0.25) is 5.32 Å². The van der Waals surface area contributed by atoms with E-state index >= 15 is 0 Å². The third kappa shape index (κ3) is 1.70. The molecule has 1 aliphatic heterocycles. The summed E-state index contributed by atoms with van der Waals surface area (Å²) in [5, 5.41) is 6.13. The molecule has 0 amide bonds. The molecule has 0 saturated carbocycles. The van der Waals surface area contributed by atoms with Crippen LogP contribution in [0.25, 0.3) is 0 Å². The zero-order chi connectivity index (χ0) is 10.3. The number of rotatable bonds is 0. The molecule has 2 rings (SSSR count). The lowest BCUT2D eigenvalue weighted by molar-refractivity contribution is 0.642. The second kappa shape index (κ2) is 3.61. The van der Waals surface area contributed by atoms with Crippen LogP contribution in [0.2, 0.25) is 0 Å². The van der Waals surface area contributed by atoms with Gasteiger partial charge < -0.3 is 5.32 Å². The van der Waals surface area contributed by atoms with E-state index < -0.39 is 0 Å². The number of benzene rings is 1. The van der Waals surface area contributed by atoms with Gasteiger partial charge in [-0.2, -0.15) is 0 Å². The van der Waals surface area contributed by atoms with E-state index in [0.29, 0.717) is 0 Å². The lowest BCUT2D eigenvalue weighted by Crippen LogP contribution is -2.37. The van der Waals surface area contributed by atoms with Gasteiger partial charge in [-0.25, -0.2) is 0 Å². The molecule has 2 N–H and O–H groups in total. The standard InChI is InChI=1S/C10H12Cl2N2/c1-5-3-7-8(4-6(5)2)13-10(12)14-9(7)11/h3-4,9-10,13-14H,1-2H3/t9-,10-/m1/s1. The third-order valence-electron chi connectivity index (χ3n) is 2.51. The number of aryl methyl sites for hydroxylation is 2. The summed E-state index contributed by atoms with van der Waals surface area (Å²) in [5.74, 6) is 0. The Morgan fingerprint density at radius 1 is 1.14 bits per heavy atom. The highest BCUT2D eigenvalue weighted by Crippen LogP contribution is 2.33. The fraction of sp³-hybridized carbons (Fsp3) is 0.400. The van der Waals surface area contributed by atoms with E-state index in [-0.39, 0.29) is 11.1 Å². The van der Waals surface area contributed by atoms with Crippen LogP contribution in [-0.4, -0.2) is 5.62 Å². The number of anilines is 1. The molecule has 0 spiro atoms. The van der Waals surface area contributed by atoms with E-state index in [2.05, 4.69) is 36.6 Å². The van der Waals surface area contributed by atoms with Crippen LogP contribution in [0.1, 0.15) is 22.2 Å². The average Bonchev–Trinajstić information content (AvgIpc) is 2.08. The lowest BCUT2D eigenvalue weighted by atomic mass is 10.0. The van der Waals surface area contributed by atoms with Gasteiger partial charge in [0.25, 0.3) is 0 Å². The number of alkyl halides is 2. The van der Waals surface area contributed by atoms with E-state index in [1.807, 2.05) is 0 Å². The number of halogens is 2. The summed E-state index contributed by atoms with van der Waals surface area (Å²) in [6.07, 6.45) is 0. The van der Waals surface area contributed by atoms with Gasteiger partial charge in [-0.15, -0.1) is 11.6 Å². The normalized spacial score (nSPS) is 25.4. The maximum absolute atomic E-state index is 6.13. The predicted molar refractivity (Wildman–Crippen MR) is 60.9 cm³/mol. The van der Waals surface area contributed by atoms with Crippen LogP contribution in [0.3, 0.4) is 0 Å². The quantitative estimate of drug-likeness (QED) is 0.529. The van der Waals surface area contributed by atoms with Crippen molar-refractivity contribution < 1.29 is 0 Å². The SMILES string of the molecule is Cc1cc2c(cc1C)[C@H](Cl)N[C@H](Cl)N2. The first-order valence-electron chi connectivity index (χ1n) is 4.50. The van der Waals surface area contributed by atoms with Crippen molar-refractivity contribution in [3.8, 4) is 0 Å². The van der Waals surface area contributed by atoms with Crippen molar-refractivity contribution in [1.29, 1.82) is 0 Å². The molecule has 1 heterocycles. The summed E-state index contributed by atoms with van der Waals surface area (Å²) in [6, 6.07) is 4.17. The molecule has 2 nitrogen and oxygen atoms in total. The molecular formula is C10H12Cl2N2. The van der Waals surface area contributed by atoms with Crippen molar-refractivity contribution in [2.24, 2.45) is 0 Å². The summed E-state index contributed by atoms with van der Waals surface area (Å²) in [7, 11) is 0. The van der Waals surface area contributed by atoms with E-state index in [0.717, 1.165) is 11.3 Å². The Hall–Kier alpha value is -0.440. The minimum Gasteiger partial charge on any atom is -0.357 e. The molecule has 2 atom stereocenters. The van der Waals surface area contributed by atoms with Crippen molar-refractivity contribution in [3.63, 3.8) is 0 Å². The average molecular weight is 231 g/mol. The topological polar surface area (TPSA) is 24.1 Å². The van der Waals surface area contributed by atoms with E-state index in [1.54, 1.807) is 0 Å². The van der Waals surface area contributed by atoms with Crippen LogP contribution in [0, 0.1) is 13.8 Å². The molecule has 0 aromatic heterocycles. The van der Waals surface area contributed by atoms with E-state index in [4.69, 9.17) is 23.2 Å². The first kappa shape index (κ1) is 10.1. The molecule has 0 aliphatic carbocycles. The second-order valence-electron chi connectivity index (χ2n) is 3.56. The van der Waals surface area contributed by atoms with Gasteiger partial charge >= 0.3 is 0 Å². The highest BCUT2D eigenvalue weighted by Gasteiger charge is 2.22. The monoisotopic (exact) mass is 230 g/mol. The maximum Gasteiger partial charge on any atom is 0.156 e. The minimum absolute atomic E-state index is 0.215. The highest BCUT2D eigenvalue weighted by atomic mass is 35.5. The second-order valence-corrected chi connectivity index (χ2v) is 4.43. The Morgan fingerprint density at radius 2 is 1.79 bits per heavy atom. The molecule has 76 valence electrons. The van der Waals surface area contributed by atoms with Gasteiger partial charge in [0.1, 0.15) is 5.50 Å². The van der Waals surface area contributed by atoms with Crippen molar-refractivity contribution in [3.05, 3.63) is 28.8 Å². The van der Waals surface area contributed by atoms with Gasteiger partial charge in [0, 0.05) is 11.3 Å². The molecule has 0 bridgehead atoms. The third-order valence-corrected chi connectivity index (χ3v) is 3.11. The summed E-state index contributed by atoms with van der Waals surface area (Å²) in [5.41, 5.74) is 4.05. The van der Waals surface area contributed by atoms with Gasteiger partial charge in [0.2, 0.25) is 0 Å². The molecule has 14 heavy (non-hydrogen) atoms. The number of nitrogens with one attached hydrogen (secondary N) is 2. The molecular weight excluding hydrogens is 219 g/mol. The summed E-state index contributed by atoms with van der Waals surface area (Å²) >= 11 is 12.1. The number of fused-ring (bicyclic) bond motifs is 1. The Kier molecular flexibility index (Phi) is 2.60. The zero-order valence-electron chi connectivity index (χ0n) is 8.07. The Labute approximate surface area is 93.6 Å². The molecule has 1 aliphatic rings. The Balaban J connectivity index is 2.49. The van der Waals surface area contributed by atoms with Crippen molar-refractivity contribution in [2.45, 2.75) is 25.0 Å². The van der Waals surface area contributed by atoms with Gasteiger partial charge in [-0.05, 0) is 31.0 Å². The van der Waals surface area contributed by atoms with E-state index in [1.165, 1.54) is 11.1 Å². The first-order chi connectivity index (χ1) is 6.58. The molecule has 1 aromatic rings. The van der Waals surface area contributed by atoms with Crippen molar-refractivity contribution >= 4 is 28.9 Å². The molecule has 0 unspecified atom stereocenters. The summed E-state index contributed by atoms with van der Waals surface area (Å²) < 4.78 is 0. The van der Waals surface area contributed by atoms with Gasteiger partial charge in [-0.1, -0.05) is 17.7 Å². The fourth-order valence-electron chi connectivity index (χ4n) is 1.57.